The van der Waals surface area contributed by atoms with E-state index >= 15 is 0 Å². The third-order valence-corrected chi connectivity index (χ3v) is 5.78. The monoisotopic (exact) mass is 370 g/mol. The summed E-state index contributed by atoms with van der Waals surface area (Å²) in [6.07, 6.45) is 3.13. The maximum Gasteiger partial charge on any atom is 0.312 e. The number of carbonyl (C=O) groups excluding carboxylic acids is 1. The highest BCUT2D eigenvalue weighted by Crippen LogP contribution is 2.36. The van der Waals surface area contributed by atoms with Gasteiger partial charge in [0.15, 0.2) is 0 Å². The van der Waals surface area contributed by atoms with E-state index in [1.165, 1.54) is 0 Å². The molecule has 0 saturated carbocycles. The first-order chi connectivity index (χ1) is 13.0. The van der Waals surface area contributed by atoms with E-state index in [0.717, 1.165) is 60.8 Å². The number of ether oxygens (including phenoxy) is 1. The fourth-order valence-electron chi connectivity index (χ4n) is 4.21. The maximum atomic E-state index is 12.6. The van der Waals surface area contributed by atoms with E-state index in [0.29, 0.717) is 13.2 Å². The Labute approximate surface area is 160 Å². The SMILES string of the molecule is CCOC(=O)C1(CCCn2c(=O)cc(C)c3ccc(C)cc32)CCNCC1. The fraction of sp³-hybridized carbons (Fsp3) is 0.545. The van der Waals surface area contributed by atoms with Crippen LogP contribution in [0.4, 0.5) is 0 Å². The zero-order valence-electron chi connectivity index (χ0n) is 16.6. The third kappa shape index (κ3) is 4.08. The summed E-state index contributed by atoms with van der Waals surface area (Å²) in [6.45, 7) is 8.59. The fourth-order valence-corrected chi connectivity index (χ4v) is 4.21. The summed E-state index contributed by atoms with van der Waals surface area (Å²) in [7, 11) is 0. The zero-order chi connectivity index (χ0) is 19.4. The number of aryl methyl sites for hydroxylation is 3. The number of esters is 1. The number of nitrogens with zero attached hydrogens (tertiary/aromatic N) is 1. The second-order valence-electron chi connectivity index (χ2n) is 7.69. The molecule has 0 amide bonds. The summed E-state index contributed by atoms with van der Waals surface area (Å²) < 4.78 is 7.23. The molecule has 0 spiro atoms. The second-order valence-corrected chi connectivity index (χ2v) is 7.69. The van der Waals surface area contributed by atoms with Crippen LogP contribution in [0, 0.1) is 19.3 Å². The van der Waals surface area contributed by atoms with Crippen molar-refractivity contribution < 1.29 is 9.53 Å². The van der Waals surface area contributed by atoms with Gasteiger partial charge >= 0.3 is 5.97 Å². The van der Waals surface area contributed by atoms with Gasteiger partial charge in [0, 0.05) is 18.0 Å². The van der Waals surface area contributed by atoms with Crippen LogP contribution in [0.25, 0.3) is 10.9 Å². The average molecular weight is 370 g/mol. The van der Waals surface area contributed by atoms with Gasteiger partial charge in [-0.05, 0) is 76.7 Å². The van der Waals surface area contributed by atoms with Crippen molar-refractivity contribution >= 4 is 16.9 Å². The molecule has 0 bridgehead atoms. The molecule has 5 heteroatoms. The number of pyridine rings is 1. The van der Waals surface area contributed by atoms with Crippen LogP contribution in [0.5, 0.6) is 0 Å². The highest BCUT2D eigenvalue weighted by atomic mass is 16.5. The average Bonchev–Trinajstić information content (AvgIpc) is 2.65. The van der Waals surface area contributed by atoms with Crippen molar-refractivity contribution in [3.8, 4) is 0 Å². The number of nitrogens with one attached hydrogen (secondary N) is 1. The predicted molar refractivity (Wildman–Crippen MR) is 108 cm³/mol. The molecule has 27 heavy (non-hydrogen) atoms. The Morgan fingerprint density at radius 3 is 2.67 bits per heavy atom. The standard InChI is InChI=1S/C22H30N2O3/c1-4-27-21(26)22(9-11-23-12-10-22)8-5-13-24-19-14-16(2)6-7-18(19)17(3)15-20(24)25/h6-7,14-15,23H,4-5,8-13H2,1-3H3. The molecule has 0 unspecified atom stereocenters. The molecule has 1 saturated heterocycles. The van der Waals surface area contributed by atoms with Crippen LogP contribution in [-0.4, -0.2) is 30.2 Å². The molecule has 1 aliphatic heterocycles. The van der Waals surface area contributed by atoms with E-state index in [1.54, 1.807) is 6.07 Å². The quantitative estimate of drug-likeness (QED) is 0.793. The molecule has 3 rings (SSSR count). The van der Waals surface area contributed by atoms with Crippen LogP contribution < -0.4 is 10.9 Å². The number of carbonyl (C=O) groups is 1. The van der Waals surface area contributed by atoms with Crippen LogP contribution in [0.3, 0.4) is 0 Å². The lowest BCUT2D eigenvalue weighted by molar-refractivity contribution is -0.157. The van der Waals surface area contributed by atoms with E-state index in [-0.39, 0.29) is 11.5 Å². The summed E-state index contributed by atoms with van der Waals surface area (Å²) in [5, 5.41) is 4.44. The van der Waals surface area contributed by atoms with Gasteiger partial charge in [0.25, 0.3) is 5.56 Å². The molecular formula is C22H30N2O3. The number of rotatable bonds is 6. The van der Waals surface area contributed by atoms with Crippen molar-refractivity contribution in [3.05, 3.63) is 45.7 Å². The highest BCUT2D eigenvalue weighted by Gasteiger charge is 2.40. The molecule has 2 heterocycles. The number of hydrogen-bond acceptors (Lipinski definition) is 4. The molecule has 0 aliphatic carbocycles. The van der Waals surface area contributed by atoms with Gasteiger partial charge in [-0.25, -0.2) is 0 Å². The molecule has 1 N–H and O–H groups in total. The Kier molecular flexibility index (Phi) is 6.00. The largest absolute Gasteiger partial charge is 0.466 e. The van der Waals surface area contributed by atoms with Crippen LogP contribution in [0.1, 0.15) is 43.7 Å². The van der Waals surface area contributed by atoms with Crippen LogP contribution in [0.2, 0.25) is 0 Å². The molecule has 0 atom stereocenters. The van der Waals surface area contributed by atoms with Gasteiger partial charge in [-0.2, -0.15) is 0 Å². The van der Waals surface area contributed by atoms with E-state index < -0.39 is 5.41 Å². The van der Waals surface area contributed by atoms with E-state index in [2.05, 4.69) is 23.5 Å². The summed E-state index contributed by atoms with van der Waals surface area (Å²) in [5.74, 6) is -0.0801. The van der Waals surface area contributed by atoms with Crippen molar-refractivity contribution in [2.24, 2.45) is 5.41 Å². The Hall–Kier alpha value is -2.14. The summed E-state index contributed by atoms with van der Waals surface area (Å²) >= 11 is 0. The molecule has 1 aliphatic rings. The Morgan fingerprint density at radius 2 is 1.96 bits per heavy atom. The Balaban J connectivity index is 1.83. The number of hydrogen-bond donors (Lipinski definition) is 1. The molecule has 1 aromatic carbocycles. The van der Waals surface area contributed by atoms with Crippen molar-refractivity contribution in [2.45, 2.75) is 53.0 Å². The van der Waals surface area contributed by atoms with Crippen molar-refractivity contribution in [3.63, 3.8) is 0 Å². The summed E-state index contributed by atoms with van der Waals surface area (Å²) in [4.78, 5) is 25.2. The van der Waals surface area contributed by atoms with Gasteiger partial charge in [0.05, 0.1) is 17.5 Å². The Bertz CT molecular complexity index is 879. The van der Waals surface area contributed by atoms with Crippen molar-refractivity contribution in [2.75, 3.05) is 19.7 Å². The first kappa shape index (κ1) is 19.6. The summed E-state index contributed by atoms with van der Waals surface area (Å²) in [5.41, 5.74) is 2.74. The minimum atomic E-state index is -0.415. The van der Waals surface area contributed by atoms with Crippen LogP contribution >= 0.6 is 0 Å². The van der Waals surface area contributed by atoms with Crippen LogP contribution in [0.15, 0.2) is 29.1 Å². The van der Waals surface area contributed by atoms with E-state index in [4.69, 9.17) is 4.74 Å². The topological polar surface area (TPSA) is 60.3 Å². The van der Waals surface area contributed by atoms with E-state index in [9.17, 15) is 9.59 Å². The lowest BCUT2D eigenvalue weighted by Crippen LogP contribution is -2.43. The van der Waals surface area contributed by atoms with Gasteiger partial charge in [0.2, 0.25) is 0 Å². The van der Waals surface area contributed by atoms with Crippen LogP contribution in [-0.2, 0) is 16.1 Å². The van der Waals surface area contributed by atoms with Gasteiger partial charge in [-0.1, -0.05) is 12.1 Å². The molecule has 1 fully saturated rings. The van der Waals surface area contributed by atoms with Gasteiger partial charge < -0.3 is 14.6 Å². The predicted octanol–water partition coefficient (Wildman–Crippen LogP) is 3.33. The molecule has 2 aromatic rings. The lowest BCUT2D eigenvalue weighted by Gasteiger charge is -2.35. The maximum absolute atomic E-state index is 12.6. The highest BCUT2D eigenvalue weighted by molar-refractivity contribution is 5.83. The number of aromatic nitrogens is 1. The normalized spacial score (nSPS) is 16.4. The second kappa shape index (κ2) is 8.26. The third-order valence-electron chi connectivity index (χ3n) is 5.78. The van der Waals surface area contributed by atoms with Crippen molar-refractivity contribution in [1.29, 1.82) is 0 Å². The number of benzene rings is 1. The number of fused-ring (bicyclic) bond motifs is 1. The molecular weight excluding hydrogens is 340 g/mol. The van der Waals surface area contributed by atoms with E-state index in [1.807, 2.05) is 25.3 Å². The first-order valence-corrected chi connectivity index (χ1v) is 9.95. The zero-order valence-corrected chi connectivity index (χ0v) is 16.6. The molecule has 1 aromatic heterocycles. The molecule has 0 radical (unpaired) electrons. The minimum absolute atomic E-state index is 0.0288. The van der Waals surface area contributed by atoms with Crippen molar-refractivity contribution in [1.82, 2.24) is 9.88 Å². The smallest absolute Gasteiger partial charge is 0.312 e. The number of piperidine rings is 1. The van der Waals surface area contributed by atoms with Gasteiger partial charge in [-0.3, -0.25) is 9.59 Å². The molecule has 146 valence electrons. The first-order valence-electron chi connectivity index (χ1n) is 9.95. The summed E-state index contributed by atoms with van der Waals surface area (Å²) in [6, 6.07) is 7.95. The van der Waals surface area contributed by atoms with Gasteiger partial charge in [0.1, 0.15) is 0 Å². The lowest BCUT2D eigenvalue weighted by atomic mass is 9.75. The Morgan fingerprint density at radius 1 is 1.22 bits per heavy atom. The van der Waals surface area contributed by atoms with Gasteiger partial charge in [-0.15, -0.1) is 0 Å². The minimum Gasteiger partial charge on any atom is -0.466 e. The molecule has 5 nitrogen and oxygen atoms in total.